The maximum absolute atomic E-state index is 10.8. The molecule has 0 unspecified atom stereocenters. The topological polar surface area (TPSA) is 63.3 Å². The lowest BCUT2D eigenvalue weighted by molar-refractivity contribution is -0.138. The molecule has 0 radical (unpaired) electrons. The van der Waals surface area contributed by atoms with E-state index in [9.17, 15) is 4.79 Å². The summed E-state index contributed by atoms with van der Waals surface area (Å²) >= 11 is 0. The predicted molar refractivity (Wildman–Crippen MR) is 64.0 cm³/mol. The van der Waals surface area contributed by atoms with Crippen molar-refractivity contribution < 1.29 is 14.3 Å². The third-order valence-electron chi connectivity index (χ3n) is 2.78. The van der Waals surface area contributed by atoms with Crippen molar-refractivity contribution in [2.45, 2.75) is 32.6 Å². The average Bonchev–Trinajstić information content (AvgIpc) is 2.61. The van der Waals surface area contributed by atoms with Gasteiger partial charge in [-0.25, -0.2) is 4.98 Å². The van der Waals surface area contributed by atoms with Gasteiger partial charge in [-0.3, -0.25) is 4.79 Å². The first-order valence-electron chi connectivity index (χ1n) is 5.48. The van der Waals surface area contributed by atoms with Crippen molar-refractivity contribution in [3.05, 3.63) is 29.7 Å². The van der Waals surface area contributed by atoms with Crippen molar-refractivity contribution in [2.24, 2.45) is 0 Å². The largest absolute Gasteiger partial charge is 0.481 e. The van der Waals surface area contributed by atoms with E-state index in [4.69, 9.17) is 9.52 Å². The van der Waals surface area contributed by atoms with Crippen LogP contribution in [0.4, 0.5) is 0 Å². The third-order valence-corrected chi connectivity index (χ3v) is 2.78. The summed E-state index contributed by atoms with van der Waals surface area (Å²) in [5, 5.41) is 8.87. The van der Waals surface area contributed by atoms with E-state index in [2.05, 4.69) is 4.98 Å². The number of carboxylic acids is 1. The number of fused-ring (bicyclic) bond motifs is 1. The molecule has 2 rings (SSSR count). The fourth-order valence-electron chi connectivity index (χ4n) is 1.83. The average molecular weight is 233 g/mol. The number of carbonyl (C=O) groups is 1. The zero-order valence-electron chi connectivity index (χ0n) is 10.2. The molecule has 1 heterocycles. The van der Waals surface area contributed by atoms with Crippen molar-refractivity contribution >= 4 is 17.1 Å². The molecule has 0 aliphatic rings. The molecule has 90 valence electrons. The van der Waals surface area contributed by atoms with E-state index in [0.29, 0.717) is 5.89 Å². The van der Waals surface area contributed by atoms with Gasteiger partial charge in [-0.2, -0.15) is 0 Å². The van der Waals surface area contributed by atoms with Crippen LogP contribution >= 0.6 is 0 Å². The summed E-state index contributed by atoms with van der Waals surface area (Å²) in [5.41, 5.74) is 1.92. The van der Waals surface area contributed by atoms with E-state index in [1.54, 1.807) is 0 Å². The number of para-hydroxylation sites is 1. The molecule has 1 aromatic carbocycles. The molecular weight excluding hydrogens is 218 g/mol. The van der Waals surface area contributed by atoms with Gasteiger partial charge in [-0.1, -0.05) is 26.0 Å². The van der Waals surface area contributed by atoms with Crippen LogP contribution in [0.5, 0.6) is 0 Å². The van der Waals surface area contributed by atoms with Crippen LogP contribution in [0.25, 0.3) is 11.1 Å². The first-order chi connectivity index (χ1) is 7.90. The highest BCUT2D eigenvalue weighted by atomic mass is 16.4. The highest BCUT2D eigenvalue weighted by Gasteiger charge is 2.29. The molecule has 0 amide bonds. The quantitative estimate of drug-likeness (QED) is 0.885. The van der Waals surface area contributed by atoms with Crippen LogP contribution in [0, 0.1) is 6.92 Å². The van der Waals surface area contributed by atoms with E-state index < -0.39 is 11.4 Å². The lowest BCUT2D eigenvalue weighted by atomic mass is 9.89. The van der Waals surface area contributed by atoms with Crippen LogP contribution in [0.1, 0.15) is 31.7 Å². The summed E-state index contributed by atoms with van der Waals surface area (Å²) in [4.78, 5) is 15.2. The molecule has 1 aromatic heterocycles. The number of hydrogen-bond acceptors (Lipinski definition) is 3. The fourth-order valence-corrected chi connectivity index (χ4v) is 1.83. The van der Waals surface area contributed by atoms with Gasteiger partial charge in [0.15, 0.2) is 5.58 Å². The van der Waals surface area contributed by atoms with Gasteiger partial charge in [0.2, 0.25) is 5.89 Å². The van der Waals surface area contributed by atoms with Gasteiger partial charge in [0, 0.05) is 0 Å². The molecule has 0 spiro atoms. The number of oxazole rings is 1. The molecule has 1 N–H and O–H groups in total. The second kappa shape index (κ2) is 3.87. The third kappa shape index (κ3) is 2.16. The van der Waals surface area contributed by atoms with Crippen molar-refractivity contribution in [1.82, 2.24) is 4.98 Å². The Morgan fingerprint density at radius 1 is 1.47 bits per heavy atom. The van der Waals surface area contributed by atoms with Gasteiger partial charge in [-0.15, -0.1) is 0 Å². The number of nitrogens with zero attached hydrogens (tertiary/aromatic N) is 1. The number of carboxylic acid groups (broad SMARTS) is 1. The summed E-state index contributed by atoms with van der Waals surface area (Å²) in [6, 6.07) is 5.72. The lowest BCUT2D eigenvalue weighted by Gasteiger charge is -2.17. The van der Waals surface area contributed by atoms with Crippen LogP contribution in [-0.2, 0) is 10.2 Å². The highest BCUT2D eigenvalue weighted by molar-refractivity contribution is 5.76. The summed E-state index contributed by atoms with van der Waals surface area (Å²) in [6.07, 6.45) is -0.00112. The van der Waals surface area contributed by atoms with E-state index in [1.807, 2.05) is 39.0 Å². The lowest BCUT2D eigenvalue weighted by Crippen LogP contribution is -2.21. The normalized spacial score (nSPS) is 11.9. The number of hydrogen-bond donors (Lipinski definition) is 1. The zero-order valence-corrected chi connectivity index (χ0v) is 10.2. The second-order valence-electron chi connectivity index (χ2n) is 4.90. The predicted octanol–water partition coefficient (Wildman–Crippen LogP) is 2.89. The molecule has 0 bridgehead atoms. The van der Waals surface area contributed by atoms with E-state index >= 15 is 0 Å². The van der Waals surface area contributed by atoms with Crippen molar-refractivity contribution in [3.63, 3.8) is 0 Å². The summed E-state index contributed by atoms with van der Waals surface area (Å²) < 4.78 is 5.69. The molecule has 0 saturated carbocycles. The van der Waals surface area contributed by atoms with Gasteiger partial charge >= 0.3 is 5.97 Å². The van der Waals surface area contributed by atoms with Gasteiger partial charge < -0.3 is 9.52 Å². The van der Waals surface area contributed by atoms with Crippen molar-refractivity contribution in [3.8, 4) is 0 Å². The minimum atomic E-state index is -0.853. The Kier molecular flexibility index (Phi) is 2.65. The maximum Gasteiger partial charge on any atom is 0.304 e. The van der Waals surface area contributed by atoms with Gasteiger partial charge in [0.05, 0.1) is 11.8 Å². The number of aliphatic carboxylic acids is 1. The molecule has 4 heteroatoms. The molecule has 0 atom stereocenters. The Balaban J connectivity index is 2.49. The Morgan fingerprint density at radius 2 is 2.18 bits per heavy atom. The maximum atomic E-state index is 10.8. The minimum Gasteiger partial charge on any atom is -0.481 e. The summed E-state index contributed by atoms with van der Waals surface area (Å²) in [6.45, 7) is 5.59. The van der Waals surface area contributed by atoms with E-state index in [0.717, 1.165) is 16.7 Å². The van der Waals surface area contributed by atoms with Crippen LogP contribution in [-0.4, -0.2) is 16.1 Å². The molecule has 17 heavy (non-hydrogen) atoms. The fraction of sp³-hybridized carbons (Fsp3) is 0.385. The van der Waals surface area contributed by atoms with Crippen molar-refractivity contribution in [2.75, 3.05) is 0 Å². The van der Waals surface area contributed by atoms with E-state index in [1.165, 1.54) is 0 Å². The first-order valence-corrected chi connectivity index (χ1v) is 5.48. The minimum absolute atomic E-state index is 0.00112. The molecule has 0 aliphatic carbocycles. The van der Waals surface area contributed by atoms with Crippen LogP contribution in [0.3, 0.4) is 0 Å². The number of rotatable bonds is 3. The molecule has 0 aliphatic heterocycles. The zero-order chi connectivity index (χ0) is 12.6. The molecule has 0 fully saturated rings. The molecule has 2 aromatic rings. The van der Waals surface area contributed by atoms with Gasteiger partial charge in [0.1, 0.15) is 5.52 Å². The monoisotopic (exact) mass is 233 g/mol. The number of benzene rings is 1. The van der Waals surface area contributed by atoms with Gasteiger partial charge in [0.25, 0.3) is 0 Å². The van der Waals surface area contributed by atoms with Crippen molar-refractivity contribution in [1.29, 1.82) is 0 Å². The SMILES string of the molecule is Cc1cccc2nc(C(C)(C)CC(=O)O)oc12. The number of aromatic nitrogens is 1. The number of aryl methyl sites for hydroxylation is 1. The molecule has 0 saturated heterocycles. The van der Waals surface area contributed by atoms with Gasteiger partial charge in [-0.05, 0) is 18.6 Å². The second-order valence-corrected chi connectivity index (χ2v) is 4.90. The Hall–Kier alpha value is -1.84. The molecule has 4 nitrogen and oxygen atoms in total. The van der Waals surface area contributed by atoms with E-state index in [-0.39, 0.29) is 6.42 Å². The highest BCUT2D eigenvalue weighted by Crippen LogP contribution is 2.30. The summed E-state index contributed by atoms with van der Waals surface area (Å²) in [7, 11) is 0. The summed E-state index contributed by atoms with van der Waals surface area (Å²) in [5.74, 6) is -0.377. The first kappa shape index (κ1) is 11.6. The Labute approximate surface area is 99.3 Å². The standard InChI is InChI=1S/C13H15NO3/c1-8-5-4-6-9-11(8)17-12(14-9)13(2,3)7-10(15)16/h4-6H,7H2,1-3H3,(H,15,16). The smallest absolute Gasteiger partial charge is 0.304 e. The van der Waals surface area contributed by atoms with Crippen LogP contribution in [0.2, 0.25) is 0 Å². The Morgan fingerprint density at radius 3 is 2.76 bits per heavy atom. The Bertz CT molecular complexity index is 569. The van der Waals surface area contributed by atoms with Crippen LogP contribution < -0.4 is 0 Å². The van der Waals surface area contributed by atoms with Crippen LogP contribution in [0.15, 0.2) is 22.6 Å². The molecular formula is C13H15NO3.